The standard InChI is InChI=1S/C19H18Cl2N4O4S2/c1-25(13-8-9-30(26,27)11-13)19-18(22-15-4-2-3-5-16(15)23-19)24-31(28,29)17-10-12(20)6-7-14(17)21/h2-7,10,13H,8-9,11H2,1H3,(H,22,24)/t13-/m0/s1. The van der Waals surface area contributed by atoms with Crippen LogP contribution < -0.4 is 9.62 Å². The van der Waals surface area contributed by atoms with Crippen LogP contribution in [0.25, 0.3) is 11.0 Å². The van der Waals surface area contributed by atoms with Gasteiger partial charge in [-0.1, -0.05) is 35.3 Å². The first kappa shape index (κ1) is 22.1. The van der Waals surface area contributed by atoms with Gasteiger partial charge in [0.1, 0.15) is 4.90 Å². The van der Waals surface area contributed by atoms with Crippen molar-refractivity contribution >= 4 is 65.7 Å². The Morgan fingerprint density at radius 3 is 2.42 bits per heavy atom. The average molecular weight is 501 g/mol. The molecule has 1 aliphatic rings. The van der Waals surface area contributed by atoms with Crippen LogP contribution >= 0.6 is 23.2 Å². The molecule has 1 aromatic heterocycles. The van der Waals surface area contributed by atoms with Crippen molar-refractivity contribution in [3.63, 3.8) is 0 Å². The fourth-order valence-corrected chi connectivity index (χ4v) is 6.97. The van der Waals surface area contributed by atoms with Gasteiger partial charge in [-0.2, -0.15) is 0 Å². The van der Waals surface area contributed by atoms with Crippen LogP contribution in [0.1, 0.15) is 6.42 Å². The van der Waals surface area contributed by atoms with Crippen LogP contribution in [0.5, 0.6) is 0 Å². The lowest BCUT2D eigenvalue weighted by Crippen LogP contribution is -2.34. The predicted octanol–water partition coefficient (Wildman–Crippen LogP) is 3.36. The van der Waals surface area contributed by atoms with Crippen molar-refractivity contribution in [2.75, 3.05) is 28.2 Å². The Bertz CT molecular complexity index is 1380. The molecule has 0 aliphatic carbocycles. The highest BCUT2D eigenvalue weighted by atomic mass is 35.5. The highest BCUT2D eigenvalue weighted by molar-refractivity contribution is 7.93. The van der Waals surface area contributed by atoms with E-state index in [0.717, 1.165) is 0 Å². The summed E-state index contributed by atoms with van der Waals surface area (Å²) in [6, 6.07) is 10.8. The summed E-state index contributed by atoms with van der Waals surface area (Å²) in [5.74, 6) is 0.232. The van der Waals surface area contributed by atoms with Crippen LogP contribution in [0, 0.1) is 0 Å². The SMILES string of the molecule is CN(c1nc2ccccc2nc1NS(=O)(=O)c1cc(Cl)ccc1Cl)[C@H]1CCS(=O)(=O)C1. The van der Waals surface area contributed by atoms with Crippen LogP contribution in [-0.4, -0.2) is 51.4 Å². The highest BCUT2D eigenvalue weighted by Crippen LogP contribution is 2.32. The molecule has 2 heterocycles. The number of rotatable bonds is 5. The minimum atomic E-state index is -4.15. The second-order valence-electron chi connectivity index (χ2n) is 7.23. The summed E-state index contributed by atoms with van der Waals surface area (Å²) in [7, 11) is -5.63. The van der Waals surface area contributed by atoms with Crippen molar-refractivity contribution in [2.24, 2.45) is 0 Å². The summed E-state index contributed by atoms with van der Waals surface area (Å²) >= 11 is 12.0. The molecule has 0 unspecified atom stereocenters. The molecule has 8 nitrogen and oxygen atoms in total. The molecule has 1 saturated heterocycles. The third-order valence-electron chi connectivity index (χ3n) is 5.06. The van der Waals surface area contributed by atoms with E-state index in [1.807, 2.05) is 0 Å². The van der Waals surface area contributed by atoms with Gasteiger partial charge in [0.2, 0.25) is 0 Å². The zero-order chi connectivity index (χ0) is 22.4. The van der Waals surface area contributed by atoms with Gasteiger partial charge in [0.15, 0.2) is 21.5 Å². The summed E-state index contributed by atoms with van der Waals surface area (Å²) in [4.78, 5) is 10.5. The highest BCUT2D eigenvalue weighted by Gasteiger charge is 2.33. The number of benzene rings is 2. The zero-order valence-corrected chi connectivity index (χ0v) is 19.4. The minimum Gasteiger partial charge on any atom is -0.353 e. The molecule has 0 radical (unpaired) electrons. The first-order valence-corrected chi connectivity index (χ1v) is 13.3. The number of fused-ring (bicyclic) bond motifs is 1. The number of nitrogens with zero attached hydrogens (tertiary/aromatic N) is 3. The largest absolute Gasteiger partial charge is 0.353 e. The molecule has 4 rings (SSSR count). The number of halogens is 2. The molecule has 0 saturated carbocycles. The number of sulfonamides is 1. The van der Waals surface area contributed by atoms with Crippen molar-refractivity contribution in [3.05, 3.63) is 52.5 Å². The molecule has 3 aromatic rings. The number of aromatic nitrogens is 2. The average Bonchev–Trinajstić information content (AvgIpc) is 3.08. The van der Waals surface area contributed by atoms with E-state index in [1.54, 1.807) is 36.2 Å². The van der Waals surface area contributed by atoms with Gasteiger partial charge in [-0.3, -0.25) is 4.72 Å². The summed E-state index contributed by atoms with van der Waals surface area (Å²) in [6.07, 6.45) is 0.416. The van der Waals surface area contributed by atoms with Gasteiger partial charge in [0.25, 0.3) is 10.0 Å². The van der Waals surface area contributed by atoms with Crippen LogP contribution in [0.4, 0.5) is 11.6 Å². The van der Waals surface area contributed by atoms with Gasteiger partial charge in [0, 0.05) is 18.1 Å². The zero-order valence-electron chi connectivity index (χ0n) is 16.3. The van der Waals surface area contributed by atoms with Gasteiger partial charge in [-0.25, -0.2) is 26.8 Å². The Morgan fingerprint density at radius 1 is 1.10 bits per heavy atom. The van der Waals surface area contributed by atoms with Gasteiger partial charge in [-0.15, -0.1) is 0 Å². The molecule has 164 valence electrons. The molecule has 0 amide bonds. The number of anilines is 2. The van der Waals surface area contributed by atoms with Crippen molar-refractivity contribution < 1.29 is 16.8 Å². The quantitative estimate of drug-likeness (QED) is 0.571. The van der Waals surface area contributed by atoms with E-state index in [1.165, 1.54) is 18.2 Å². The summed E-state index contributed by atoms with van der Waals surface area (Å²) in [5, 5.41) is 0.213. The molecule has 2 aromatic carbocycles. The van der Waals surface area contributed by atoms with E-state index < -0.39 is 19.9 Å². The molecule has 0 bridgehead atoms. The predicted molar refractivity (Wildman–Crippen MR) is 122 cm³/mol. The lowest BCUT2D eigenvalue weighted by Gasteiger charge is -2.26. The Kier molecular flexibility index (Phi) is 5.76. The third-order valence-corrected chi connectivity index (χ3v) is 8.86. The maximum Gasteiger partial charge on any atom is 0.264 e. The van der Waals surface area contributed by atoms with Crippen molar-refractivity contribution in [1.29, 1.82) is 0 Å². The topological polar surface area (TPSA) is 109 Å². The van der Waals surface area contributed by atoms with Gasteiger partial charge in [0.05, 0.1) is 27.6 Å². The summed E-state index contributed by atoms with van der Waals surface area (Å²) in [6.45, 7) is 0. The van der Waals surface area contributed by atoms with Crippen molar-refractivity contribution in [3.8, 4) is 0 Å². The normalized spacial score (nSPS) is 18.2. The second kappa shape index (κ2) is 8.09. The van der Waals surface area contributed by atoms with Crippen LogP contribution in [-0.2, 0) is 19.9 Å². The lowest BCUT2D eigenvalue weighted by molar-refractivity contribution is 0.598. The van der Waals surface area contributed by atoms with E-state index in [4.69, 9.17) is 23.2 Å². The molecule has 1 aliphatic heterocycles. The van der Waals surface area contributed by atoms with E-state index in [0.29, 0.717) is 17.5 Å². The summed E-state index contributed by atoms with van der Waals surface area (Å²) < 4.78 is 52.5. The summed E-state index contributed by atoms with van der Waals surface area (Å²) in [5.41, 5.74) is 1.03. The van der Waals surface area contributed by atoms with Crippen LogP contribution in [0.2, 0.25) is 10.0 Å². The molecular formula is C19H18Cl2N4O4S2. The monoisotopic (exact) mass is 500 g/mol. The van der Waals surface area contributed by atoms with Crippen molar-refractivity contribution in [1.82, 2.24) is 9.97 Å². The Hall–Kier alpha value is -2.14. The van der Waals surface area contributed by atoms with Crippen LogP contribution in [0.3, 0.4) is 0 Å². The van der Waals surface area contributed by atoms with Gasteiger partial charge >= 0.3 is 0 Å². The fraction of sp³-hybridized carbons (Fsp3) is 0.263. The van der Waals surface area contributed by atoms with Crippen molar-refractivity contribution in [2.45, 2.75) is 17.4 Å². The number of sulfone groups is 1. The van der Waals surface area contributed by atoms with Gasteiger partial charge in [-0.05, 0) is 36.8 Å². The first-order valence-electron chi connectivity index (χ1n) is 9.24. The Balaban J connectivity index is 1.81. The molecule has 31 heavy (non-hydrogen) atoms. The maximum atomic E-state index is 13.1. The molecule has 12 heteroatoms. The van der Waals surface area contributed by atoms with E-state index in [2.05, 4.69) is 14.7 Å². The smallest absolute Gasteiger partial charge is 0.264 e. The lowest BCUT2D eigenvalue weighted by atomic mass is 10.2. The number of nitrogens with one attached hydrogen (secondary N) is 1. The number of para-hydroxylation sites is 2. The fourth-order valence-electron chi connectivity index (χ4n) is 3.42. The molecule has 1 N–H and O–H groups in total. The molecule has 0 spiro atoms. The molecular weight excluding hydrogens is 483 g/mol. The molecule has 1 atom stereocenters. The van der Waals surface area contributed by atoms with E-state index in [-0.39, 0.29) is 44.1 Å². The van der Waals surface area contributed by atoms with Crippen LogP contribution in [0.15, 0.2) is 47.4 Å². The minimum absolute atomic E-state index is 0.00226. The second-order valence-corrected chi connectivity index (χ2v) is 12.0. The molecule has 1 fully saturated rings. The third kappa shape index (κ3) is 4.57. The Morgan fingerprint density at radius 2 is 1.77 bits per heavy atom. The van der Waals surface area contributed by atoms with E-state index in [9.17, 15) is 16.8 Å². The van der Waals surface area contributed by atoms with E-state index >= 15 is 0 Å². The van der Waals surface area contributed by atoms with Gasteiger partial charge < -0.3 is 4.90 Å². The Labute approximate surface area is 190 Å². The first-order chi connectivity index (χ1) is 14.6. The number of hydrogen-bond acceptors (Lipinski definition) is 7. The number of hydrogen-bond donors (Lipinski definition) is 1. The maximum absolute atomic E-state index is 13.1.